The van der Waals surface area contributed by atoms with Gasteiger partial charge in [-0.2, -0.15) is 0 Å². The number of ether oxygens (including phenoxy) is 2. The predicted molar refractivity (Wildman–Crippen MR) is 180 cm³/mol. The fourth-order valence-electron chi connectivity index (χ4n) is 7.27. The van der Waals surface area contributed by atoms with Gasteiger partial charge in [-0.25, -0.2) is 0 Å². The summed E-state index contributed by atoms with van der Waals surface area (Å²) in [6.45, 7) is 7.94. The van der Waals surface area contributed by atoms with E-state index in [1.54, 1.807) is 0 Å². The van der Waals surface area contributed by atoms with E-state index in [-0.39, 0.29) is 48.4 Å². The fourth-order valence-corrected chi connectivity index (χ4v) is 7.27. The molecule has 4 aliphatic rings. The van der Waals surface area contributed by atoms with Crippen molar-refractivity contribution in [2.24, 2.45) is 11.3 Å². The highest BCUT2D eigenvalue weighted by Gasteiger charge is 2.48. The molecule has 0 saturated carbocycles. The van der Waals surface area contributed by atoms with Gasteiger partial charge in [0.15, 0.2) is 0 Å². The number of hydrogen-bond acceptors (Lipinski definition) is 7. The van der Waals surface area contributed by atoms with E-state index in [1.807, 2.05) is 60.4 Å². The number of aryl methyl sites for hydroxylation is 2. The predicted octanol–water partition coefficient (Wildman–Crippen LogP) is 2.35. The summed E-state index contributed by atoms with van der Waals surface area (Å²) in [5.74, 6) is -0.284. The quantitative estimate of drug-likeness (QED) is 0.416. The highest BCUT2D eigenvalue weighted by Crippen LogP contribution is 2.37. The number of carbonyl (C=O) groups is 4. The Morgan fingerprint density at radius 2 is 1.85 bits per heavy atom. The van der Waals surface area contributed by atoms with Crippen LogP contribution in [0.1, 0.15) is 55.2 Å². The van der Waals surface area contributed by atoms with E-state index < -0.39 is 18.0 Å². The molecule has 6 rings (SSSR count). The smallest absolute Gasteiger partial charge is 0.243 e. The number of amides is 4. The average Bonchev–Trinajstić information content (AvgIpc) is 3.05. The molecule has 4 aliphatic heterocycles. The summed E-state index contributed by atoms with van der Waals surface area (Å²) in [5.41, 5.74) is 3.26. The van der Waals surface area contributed by atoms with Gasteiger partial charge in [0, 0.05) is 51.1 Å². The van der Waals surface area contributed by atoms with Crippen molar-refractivity contribution in [2.75, 3.05) is 52.5 Å². The van der Waals surface area contributed by atoms with Gasteiger partial charge in [0.05, 0.1) is 26.2 Å². The van der Waals surface area contributed by atoms with Gasteiger partial charge in [-0.1, -0.05) is 36.4 Å². The maximum Gasteiger partial charge on any atom is 0.243 e. The van der Waals surface area contributed by atoms with Crippen LogP contribution in [0.25, 0.3) is 0 Å². The van der Waals surface area contributed by atoms with E-state index in [1.165, 1.54) is 0 Å². The summed E-state index contributed by atoms with van der Waals surface area (Å²) in [5, 5.41) is 8.80. The molecule has 2 aromatic rings. The number of rotatable bonds is 7. The molecule has 3 fully saturated rings. The van der Waals surface area contributed by atoms with Crippen LogP contribution in [0.4, 0.5) is 0 Å². The summed E-state index contributed by atoms with van der Waals surface area (Å²) in [6, 6.07) is 13.7. The van der Waals surface area contributed by atoms with Crippen LogP contribution in [0.2, 0.25) is 0 Å². The third-order valence-corrected chi connectivity index (χ3v) is 10.3. The Bertz CT molecular complexity index is 1460. The lowest BCUT2D eigenvalue weighted by atomic mass is 9.78. The summed E-state index contributed by atoms with van der Waals surface area (Å²) in [4.78, 5) is 58.5. The molecule has 4 bridgehead atoms. The first kappa shape index (κ1) is 33.9. The molecule has 4 amide bonds. The van der Waals surface area contributed by atoms with Crippen molar-refractivity contribution in [1.29, 1.82) is 0 Å². The molecule has 48 heavy (non-hydrogen) atoms. The molecule has 11 heteroatoms. The van der Waals surface area contributed by atoms with Gasteiger partial charge < -0.3 is 35.2 Å². The first-order valence-electron chi connectivity index (χ1n) is 17.5. The second-order valence-electron chi connectivity index (χ2n) is 14.2. The lowest BCUT2D eigenvalue weighted by Gasteiger charge is -2.55. The van der Waals surface area contributed by atoms with E-state index in [9.17, 15) is 19.2 Å². The highest BCUT2D eigenvalue weighted by atomic mass is 16.5. The average molecular weight is 660 g/mol. The zero-order valence-electron chi connectivity index (χ0n) is 28.0. The molecule has 3 saturated heterocycles. The number of likely N-dealkylation sites (tertiary alicyclic amines) is 1. The van der Waals surface area contributed by atoms with Crippen molar-refractivity contribution in [2.45, 2.75) is 70.5 Å². The molecule has 11 nitrogen and oxygen atoms in total. The van der Waals surface area contributed by atoms with Crippen molar-refractivity contribution in [3.05, 3.63) is 65.2 Å². The lowest BCUT2D eigenvalue weighted by molar-refractivity contribution is -0.189. The largest absolute Gasteiger partial charge is 0.494 e. The lowest BCUT2D eigenvalue weighted by Crippen LogP contribution is -2.66. The molecule has 2 aromatic carbocycles. The summed E-state index contributed by atoms with van der Waals surface area (Å²) in [7, 11) is 0. The Balaban J connectivity index is 1.19. The second kappa shape index (κ2) is 15.5. The standard InChI is InChI=1S/C37H49N5O6/c1-26-9-11-30-18-29(26)20-38-35(45)31(12-10-27-6-3-2-4-7-27)40-36(46)32(19-34(44)42-15-5-8-28(21-42)14-17-48-30)39-33(43)13-16-41-22-37(23-41)24-47-25-37/h2-4,6-7,9,11,18,28,31-32H,5,8,10,12-17,19-25H2,1H3,(H,38,45)(H,39,43)(H,40,46)/t28?,31-,32-/m0/s1. The van der Waals surface area contributed by atoms with Gasteiger partial charge in [-0.15, -0.1) is 0 Å². The number of nitrogens with zero attached hydrogens (tertiary/aromatic N) is 2. The van der Waals surface area contributed by atoms with Crippen LogP contribution in [0.5, 0.6) is 5.75 Å². The first-order chi connectivity index (χ1) is 23.2. The number of carbonyl (C=O) groups excluding carboxylic acids is 4. The van der Waals surface area contributed by atoms with Crippen molar-refractivity contribution in [3.8, 4) is 5.75 Å². The number of piperidine rings is 1. The Kier molecular flexibility index (Phi) is 11.0. The van der Waals surface area contributed by atoms with E-state index in [0.717, 1.165) is 68.0 Å². The van der Waals surface area contributed by atoms with Crippen molar-refractivity contribution in [3.63, 3.8) is 0 Å². The van der Waals surface area contributed by atoms with Crippen LogP contribution in [0, 0.1) is 18.3 Å². The van der Waals surface area contributed by atoms with Gasteiger partial charge in [0.2, 0.25) is 23.6 Å². The van der Waals surface area contributed by atoms with Crippen molar-refractivity contribution in [1.82, 2.24) is 25.8 Å². The number of hydrogen-bond donors (Lipinski definition) is 3. The molecular weight excluding hydrogens is 610 g/mol. The Morgan fingerprint density at radius 1 is 1.04 bits per heavy atom. The van der Waals surface area contributed by atoms with Gasteiger partial charge in [-0.3, -0.25) is 19.2 Å². The van der Waals surface area contributed by atoms with Crippen LogP contribution in [0.15, 0.2) is 48.5 Å². The van der Waals surface area contributed by atoms with E-state index in [2.05, 4.69) is 20.9 Å². The SMILES string of the molecule is Cc1ccc2cc1CNC(=O)[C@H](CCc1ccccc1)NC(=O)[C@@H](NC(=O)CCN1CC3(COC3)C1)CC(=O)N1CCCC(CCO2)C1. The van der Waals surface area contributed by atoms with Crippen LogP contribution >= 0.6 is 0 Å². The summed E-state index contributed by atoms with van der Waals surface area (Å²) >= 11 is 0. The number of fused-ring (bicyclic) bond motifs is 4. The molecule has 258 valence electrons. The zero-order valence-corrected chi connectivity index (χ0v) is 28.0. The van der Waals surface area contributed by atoms with Crippen LogP contribution in [-0.4, -0.2) is 98.1 Å². The minimum Gasteiger partial charge on any atom is -0.494 e. The molecule has 3 atom stereocenters. The minimum atomic E-state index is -1.10. The molecule has 4 heterocycles. The number of benzene rings is 2. The molecule has 1 unspecified atom stereocenters. The van der Waals surface area contributed by atoms with Crippen LogP contribution < -0.4 is 20.7 Å². The molecular formula is C37H49N5O6. The monoisotopic (exact) mass is 659 g/mol. The fraction of sp³-hybridized carbons (Fsp3) is 0.568. The maximum atomic E-state index is 13.9. The van der Waals surface area contributed by atoms with E-state index in [0.29, 0.717) is 39.1 Å². The summed E-state index contributed by atoms with van der Waals surface area (Å²) in [6.07, 6.45) is 3.65. The van der Waals surface area contributed by atoms with Gasteiger partial charge in [-0.05, 0) is 73.8 Å². The Labute approximate surface area is 283 Å². The topological polar surface area (TPSA) is 129 Å². The first-order valence-corrected chi connectivity index (χ1v) is 17.5. The second-order valence-corrected chi connectivity index (χ2v) is 14.2. The van der Waals surface area contributed by atoms with Crippen LogP contribution in [0.3, 0.4) is 0 Å². The third kappa shape index (κ3) is 8.73. The Morgan fingerprint density at radius 3 is 2.62 bits per heavy atom. The van der Waals surface area contributed by atoms with E-state index >= 15 is 0 Å². The van der Waals surface area contributed by atoms with Gasteiger partial charge in [0.1, 0.15) is 17.8 Å². The molecule has 0 aliphatic carbocycles. The van der Waals surface area contributed by atoms with Crippen molar-refractivity contribution >= 4 is 23.6 Å². The molecule has 1 spiro atoms. The summed E-state index contributed by atoms with van der Waals surface area (Å²) < 4.78 is 11.5. The van der Waals surface area contributed by atoms with E-state index in [4.69, 9.17) is 9.47 Å². The molecule has 0 radical (unpaired) electrons. The maximum absolute atomic E-state index is 13.9. The van der Waals surface area contributed by atoms with Crippen LogP contribution in [-0.2, 0) is 36.9 Å². The van der Waals surface area contributed by atoms with Gasteiger partial charge >= 0.3 is 0 Å². The van der Waals surface area contributed by atoms with Gasteiger partial charge in [0.25, 0.3) is 0 Å². The normalized spacial score (nSPS) is 25.0. The number of nitrogens with one attached hydrogen (secondary N) is 3. The zero-order chi connectivity index (χ0) is 33.5. The Hall–Kier alpha value is -3.96. The third-order valence-electron chi connectivity index (χ3n) is 10.3. The minimum absolute atomic E-state index is 0.165. The van der Waals surface area contributed by atoms with Crippen molar-refractivity contribution < 1.29 is 28.7 Å². The highest BCUT2D eigenvalue weighted by molar-refractivity contribution is 5.95. The molecule has 0 aromatic heterocycles. The molecule has 3 N–H and O–H groups in total.